The predicted molar refractivity (Wildman–Crippen MR) is 193 cm³/mol. The lowest BCUT2D eigenvalue weighted by atomic mass is 9.99. The average Bonchev–Trinajstić information content (AvgIpc) is 3.42. The first-order valence-corrected chi connectivity index (χ1v) is 19.2. The Morgan fingerprint density at radius 1 is 1.02 bits per heavy atom. The standard InChI is InChI=1S/C35H48N9O2P/c1-7-25-20-29(32(46-4)21-31(25)44-16-12-26(13-17-44)43-18-14-36-15-19-43)40-35-37-22-27(30-23-42(3)24(2)38-30)34(41-35)39-28-10-8-9-11-33(28)47(5,6)45/h8-11,20-23,26,36H,7,12-19H2,1-6H3,(H2,37,39,40,41). The summed E-state index contributed by atoms with van der Waals surface area (Å²) in [4.78, 5) is 19.6. The van der Waals surface area contributed by atoms with E-state index in [9.17, 15) is 4.57 Å². The Morgan fingerprint density at radius 3 is 2.43 bits per heavy atom. The molecule has 11 nitrogen and oxygen atoms in total. The van der Waals surface area contributed by atoms with Gasteiger partial charge in [-0.2, -0.15) is 4.98 Å². The van der Waals surface area contributed by atoms with Crippen molar-refractivity contribution in [3.63, 3.8) is 0 Å². The number of piperazine rings is 1. The van der Waals surface area contributed by atoms with E-state index in [1.165, 1.54) is 24.1 Å². The van der Waals surface area contributed by atoms with E-state index in [0.29, 0.717) is 17.8 Å². The number of rotatable bonds is 10. The fraction of sp³-hybridized carbons (Fsp3) is 0.457. The maximum Gasteiger partial charge on any atom is 0.229 e. The number of aromatic nitrogens is 4. The van der Waals surface area contributed by atoms with Crippen molar-refractivity contribution in [3.05, 3.63) is 60.2 Å². The minimum absolute atomic E-state index is 0.419. The van der Waals surface area contributed by atoms with Crippen molar-refractivity contribution in [1.29, 1.82) is 0 Å². The van der Waals surface area contributed by atoms with E-state index in [-0.39, 0.29) is 0 Å². The third kappa shape index (κ3) is 7.32. The van der Waals surface area contributed by atoms with Gasteiger partial charge in [-0.3, -0.25) is 4.90 Å². The summed E-state index contributed by atoms with van der Waals surface area (Å²) in [6, 6.07) is 12.7. The van der Waals surface area contributed by atoms with Crippen LogP contribution in [0.2, 0.25) is 0 Å². The van der Waals surface area contributed by atoms with Gasteiger partial charge in [-0.1, -0.05) is 19.1 Å². The number of piperidine rings is 1. The molecule has 4 heterocycles. The van der Waals surface area contributed by atoms with Gasteiger partial charge in [0.1, 0.15) is 24.5 Å². The highest BCUT2D eigenvalue weighted by atomic mass is 31.2. The van der Waals surface area contributed by atoms with Crippen LogP contribution in [0, 0.1) is 6.92 Å². The molecule has 2 fully saturated rings. The van der Waals surface area contributed by atoms with Gasteiger partial charge in [-0.05, 0) is 63.3 Å². The van der Waals surface area contributed by atoms with Gasteiger partial charge < -0.3 is 34.7 Å². The topological polar surface area (TPSA) is 112 Å². The molecule has 0 bridgehead atoms. The normalized spacial score (nSPS) is 16.3. The van der Waals surface area contributed by atoms with Gasteiger partial charge in [0.05, 0.1) is 29.7 Å². The van der Waals surface area contributed by atoms with Crippen LogP contribution in [-0.2, 0) is 18.0 Å². The number of anilines is 5. The highest BCUT2D eigenvalue weighted by Crippen LogP contribution is 2.40. The number of aryl methyl sites for hydroxylation is 3. The molecule has 0 spiro atoms. The number of nitrogens with one attached hydrogen (secondary N) is 3. The molecular weight excluding hydrogens is 609 g/mol. The van der Waals surface area contributed by atoms with Crippen molar-refractivity contribution in [1.82, 2.24) is 29.7 Å². The van der Waals surface area contributed by atoms with Crippen LogP contribution in [0.4, 0.5) is 28.8 Å². The van der Waals surface area contributed by atoms with Crippen LogP contribution < -0.4 is 30.9 Å². The monoisotopic (exact) mass is 657 g/mol. The Labute approximate surface area is 278 Å². The second-order valence-electron chi connectivity index (χ2n) is 12.9. The second-order valence-corrected chi connectivity index (χ2v) is 16.1. The van der Waals surface area contributed by atoms with Crippen molar-refractivity contribution in [2.75, 3.05) is 75.2 Å². The Hall–Kier alpha value is -3.92. The Balaban J connectivity index is 1.29. The molecule has 0 aliphatic carbocycles. The summed E-state index contributed by atoms with van der Waals surface area (Å²) in [5.74, 6) is 2.61. The van der Waals surface area contributed by atoms with E-state index in [1.807, 2.05) is 49.0 Å². The molecule has 0 amide bonds. The zero-order chi connectivity index (χ0) is 33.1. The maximum absolute atomic E-state index is 13.2. The van der Waals surface area contributed by atoms with Crippen LogP contribution in [0.25, 0.3) is 11.3 Å². The Kier molecular flexibility index (Phi) is 9.87. The molecule has 4 aromatic rings. The minimum Gasteiger partial charge on any atom is -0.494 e. The molecule has 250 valence electrons. The predicted octanol–water partition coefficient (Wildman–Crippen LogP) is 5.37. The first-order chi connectivity index (χ1) is 22.6. The van der Waals surface area contributed by atoms with Crippen LogP contribution >= 0.6 is 7.14 Å². The number of imidazole rings is 1. The summed E-state index contributed by atoms with van der Waals surface area (Å²) in [6.07, 6.45) is 6.98. The van der Waals surface area contributed by atoms with Crippen LogP contribution in [-0.4, -0.2) is 90.2 Å². The molecule has 12 heteroatoms. The molecule has 6 rings (SSSR count). The minimum atomic E-state index is -2.56. The Bertz CT molecular complexity index is 1730. The van der Waals surface area contributed by atoms with Gasteiger partial charge in [-0.25, -0.2) is 9.97 Å². The van der Waals surface area contributed by atoms with E-state index in [2.05, 4.69) is 44.8 Å². The van der Waals surface area contributed by atoms with Gasteiger partial charge in [0.25, 0.3) is 0 Å². The second kappa shape index (κ2) is 14.1. The molecule has 2 aromatic carbocycles. The summed E-state index contributed by atoms with van der Waals surface area (Å²) >= 11 is 0. The molecule has 0 radical (unpaired) electrons. The van der Waals surface area contributed by atoms with Gasteiger partial charge in [0.15, 0.2) is 0 Å². The zero-order valence-electron chi connectivity index (χ0n) is 28.5. The lowest BCUT2D eigenvalue weighted by molar-refractivity contribution is 0.150. The van der Waals surface area contributed by atoms with Gasteiger partial charge >= 0.3 is 0 Å². The highest BCUT2D eigenvalue weighted by molar-refractivity contribution is 7.70. The first kappa shape index (κ1) is 33.0. The SMILES string of the molecule is CCc1cc(Nc2ncc(-c3cn(C)c(C)n3)c(Nc3ccccc3P(C)(C)=O)n2)c(OC)cc1N1CCC(N2CCNCC2)CC1. The van der Waals surface area contributed by atoms with Gasteiger partial charge in [0, 0.05) is 81.8 Å². The van der Waals surface area contributed by atoms with E-state index in [1.54, 1.807) is 26.6 Å². The molecule has 0 atom stereocenters. The van der Waals surface area contributed by atoms with E-state index < -0.39 is 7.14 Å². The van der Waals surface area contributed by atoms with Crippen LogP contribution in [0.3, 0.4) is 0 Å². The lowest BCUT2D eigenvalue weighted by Crippen LogP contribution is -2.52. The molecule has 2 saturated heterocycles. The number of hydrogen-bond donors (Lipinski definition) is 3. The molecule has 47 heavy (non-hydrogen) atoms. The summed E-state index contributed by atoms with van der Waals surface area (Å²) < 4.78 is 21.1. The van der Waals surface area contributed by atoms with E-state index in [0.717, 1.165) is 85.2 Å². The van der Waals surface area contributed by atoms with Crippen LogP contribution in [0.1, 0.15) is 31.2 Å². The number of ether oxygens (including phenoxy) is 1. The van der Waals surface area contributed by atoms with Crippen molar-refractivity contribution in [3.8, 4) is 17.0 Å². The number of methoxy groups -OCH3 is 1. The number of benzene rings is 2. The van der Waals surface area contributed by atoms with Gasteiger partial charge in [0.2, 0.25) is 5.95 Å². The summed E-state index contributed by atoms with van der Waals surface area (Å²) in [6.45, 7) is 14.3. The third-order valence-electron chi connectivity index (χ3n) is 9.41. The van der Waals surface area contributed by atoms with Crippen LogP contribution in [0.15, 0.2) is 48.8 Å². The summed E-state index contributed by atoms with van der Waals surface area (Å²) in [5.41, 5.74) is 5.54. The molecular formula is C35H48N9O2P. The third-order valence-corrected chi connectivity index (χ3v) is 11.0. The van der Waals surface area contributed by atoms with Crippen molar-refractivity contribution >= 4 is 41.3 Å². The first-order valence-electron chi connectivity index (χ1n) is 16.6. The smallest absolute Gasteiger partial charge is 0.229 e. The lowest BCUT2D eigenvalue weighted by Gasteiger charge is -2.41. The van der Waals surface area contributed by atoms with Crippen molar-refractivity contribution < 1.29 is 9.30 Å². The molecule has 0 unspecified atom stereocenters. The van der Waals surface area contributed by atoms with E-state index >= 15 is 0 Å². The zero-order valence-corrected chi connectivity index (χ0v) is 29.4. The fourth-order valence-corrected chi connectivity index (χ4v) is 7.84. The molecule has 2 aliphatic heterocycles. The highest BCUT2D eigenvalue weighted by Gasteiger charge is 2.27. The largest absolute Gasteiger partial charge is 0.494 e. The maximum atomic E-state index is 13.2. The number of hydrogen-bond acceptors (Lipinski definition) is 10. The van der Waals surface area contributed by atoms with E-state index in [4.69, 9.17) is 19.7 Å². The Morgan fingerprint density at radius 2 is 1.77 bits per heavy atom. The molecule has 2 aliphatic rings. The average molecular weight is 658 g/mol. The fourth-order valence-electron chi connectivity index (χ4n) is 6.69. The number of nitrogens with zero attached hydrogens (tertiary/aromatic N) is 6. The van der Waals surface area contributed by atoms with Crippen molar-refractivity contribution in [2.45, 2.75) is 39.2 Å². The summed E-state index contributed by atoms with van der Waals surface area (Å²) in [5, 5.41) is 11.2. The molecule has 3 N–H and O–H groups in total. The van der Waals surface area contributed by atoms with Crippen LogP contribution in [0.5, 0.6) is 5.75 Å². The van der Waals surface area contributed by atoms with Crippen molar-refractivity contribution in [2.24, 2.45) is 7.05 Å². The molecule has 0 saturated carbocycles. The summed E-state index contributed by atoms with van der Waals surface area (Å²) in [7, 11) is 1.11. The quantitative estimate of drug-likeness (QED) is 0.193. The molecule has 2 aromatic heterocycles. The number of para-hydroxylation sites is 1. The van der Waals surface area contributed by atoms with Gasteiger partial charge in [-0.15, -0.1) is 0 Å².